The number of nitrogens with one attached hydrogen (secondary N) is 2. The zero-order valence-electron chi connectivity index (χ0n) is 16.0. The summed E-state index contributed by atoms with van der Waals surface area (Å²) in [5.41, 5.74) is 0.627. The first kappa shape index (κ1) is 22.1. The van der Waals surface area contributed by atoms with Gasteiger partial charge in [0, 0.05) is 18.2 Å². The Hall–Kier alpha value is -3.20. The Labute approximate surface area is 169 Å². The first-order valence-corrected chi connectivity index (χ1v) is 10.4. The van der Waals surface area contributed by atoms with Crippen molar-refractivity contribution in [1.29, 1.82) is 0 Å². The number of hydrogen-bond donors (Lipinski definition) is 2. The first-order valence-electron chi connectivity index (χ1n) is 8.77. The van der Waals surface area contributed by atoms with Gasteiger partial charge >= 0.3 is 5.97 Å². The van der Waals surface area contributed by atoms with Crippen LogP contribution in [0.2, 0.25) is 0 Å². The van der Waals surface area contributed by atoms with Crippen LogP contribution in [0.3, 0.4) is 0 Å². The molecule has 1 atom stereocenters. The Morgan fingerprint density at radius 2 is 1.72 bits per heavy atom. The number of benzene rings is 2. The van der Waals surface area contributed by atoms with E-state index in [1.807, 2.05) is 0 Å². The standard InChI is InChI=1S/C20H22N2O6S/c1-14(23)21-16-8-6-7-15(13-16)19(24)22-18(20(25)28-2)11-12-29(26,27)17-9-4-3-5-10-17/h3-10,13,18H,11-12H2,1-2H3,(H,21,23)(H,22,24)/t18-/m1/s1. The maximum atomic E-state index is 12.5. The van der Waals surface area contributed by atoms with Crippen molar-refractivity contribution in [3.05, 3.63) is 60.2 Å². The maximum absolute atomic E-state index is 12.5. The number of ether oxygens (including phenoxy) is 1. The molecule has 2 amide bonds. The molecule has 0 radical (unpaired) electrons. The Bertz CT molecular complexity index is 989. The van der Waals surface area contributed by atoms with Crippen LogP contribution in [-0.4, -0.2) is 45.1 Å². The number of hydrogen-bond acceptors (Lipinski definition) is 6. The highest BCUT2D eigenvalue weighted by molar-refractivity contribution is 7.91. The van der Waals surface area contributed by atoms with Gasteiger partial charge in [-0.3, -0.25) is 9.59 Å². The molecule has 0 bridgehead atoms. The van der Waals surface area contributed by atoms with E-state index in [9.17, 15) is 22.8 Å². The summed E-state index contributed by atoms with van der Waals surface area (Å²) in [5.74, 6) is -1.98. The van der Waals surface area contributed by atoms with Gasteiger partial charge in [-0.25, -0.2) is 13.2 Å². The molecule has 0 aliphatic heterocycles. The highest BCUT2D eigenvalue weighted by Crippen LogP contribution is 2.14. The summed E-state index contributed by atoms with van der Waals surface area (Å²) in [4.78, 5) is 35.9. The molecule has 2 aromatic carbocycles. The molecule has 9 heteroatoms. The van der Waals surface area contributed by atoms with Gasteiger partial charge in [0.2, 0.25) is 5.91 Å². The molecule has 2 N–H and O–H groups in total. The quantitative estimate of drug-likeness (QED) is 0.631. The minimum atomic E-state index is -3.62. The van der Waals surface area contributed by atoms with Crippen LogP contribution in [0.15, 0.2) is 59.5 Å². The van der Waals surface area contributed by atoms with Gasteiger partial charge in [-0.05, 0) is 36.8 Å². The van der Waals surface area contributed by atoms with E-state index in [1.165, 1.54) is 31.2 Å². The molecule has 2 rings (SSSR count). The summed E-state index contributed by atoms with van der Waals surface area (Å²) < 4.78 is 29.6. The van der Waals surface area contributed by atoms with Crippen LogP contribution >= 0.6 is 0 Å². The monoisotopic (exact) mass is 418 g/mol. The van der Waals surface area contributed by atoms with Crippen LogP contribution in [0.4, 0.5) is 5.69 Å². The van der Waals surface area contributed by atoms with Crippen molar-refractivity contribution in [2.24, 2.45) is 0 Å². The molecule has 0 saturated carbocycles. The van der Waals surface area contributed by atoms with E-state index in [2.05, 4.69) is 10.6 Å². The molecule has 0 unspecified atom stereocenters. The second-order valence-electron chi connectivity index (χ2n) is 6.23. The predicted molar refractivity (Wildman–Crippen MR) is 107 cm³/mol. The van der Waals surface area contributed by atoms with Crippen molar-refractivity contribution >= 4 is 33.3 Å². The molecule has 8 nitrogen and oxygen atoms in total. The summed E-state index contributed by atoms with van der Waals surface area (Å²) in [6, 6.07) is 12.9. The van der Waals surface area contributed by atoms with E-state index < -0.39 is 27.8 Å². The SMILES string of the molecule is COC(=O)[C@@H](CCS(=O)(=O)c1ccccc1)NC(=O)c1cccc(NC(C)=O)c1. The molecule has 0 aliphatic rings. The largest absolute Gasteiger partial charge is 0.467 e. The maximum Gasteiger partial charge on any atom is 0.328 e. The van der Waals surface area contributed by atoms with E-state index in [0.717, 1.165) is 7.11 Å². The smallest absolute Gasteiger partial charge is 0.328 e. The van der Waals surface area contributed by atoms with Gasteiger partial charge < -0.3 is 15.4 Å². The minimum absolute atomic E-state index is 0.137. The van der Waals surface area contributed by atoms with E-state index in [1.54, 1.807) is 30.3 Å². The van der Waals surface area contributed by atoms with Crippen LogP contribution in [0, 0.1) is 0 Å². The highest BCUT2D eigenvalue weighted by atomic mass is 32.2. The second-order valence-corrected chi connectivity index (χ2v) is 8.34. The fourth-order valence-electron chi connectivity index (χ4n) is 2.59. The molecule has 0 heterocycles. The number of carbonyl (C=O) groups excluding carboxylic acids is 3. The third-order valence-corrected chi connectivity index (χ3v) is 5.78. The predicted octanol–water partition coefficient (Wildman–Crippen LogP) is 1.78. The van der Waals surface area contributed by atoms with Crippen molar-refractivity contribution in [3.8, 4) is 0 Å². The fourth-order valence-corrected chi connectivity index (χ4v) is 3.95. The van der Waals surface area contributed by atoms with Crippen LogP contribution in [-0.2, 0) is 24.2 Å². The summed E-state index contributed by atoms with van der Waals surface area (Å²) in [5, 5.41) is 5.06. The average molecular weight is 418 g/mol. The van der Waals surface area contributed by atoms with Crippen molar-refractivity contribution < 1.29 is 27.5 Å². The van der Waals surface area contributed by atoms with Gasteiger partial charge in [-0.2, -0.15) is 0 Å². The van der Waals surface area contributed by atoms with Crippen molar-refractivity contribution in [2.75, 3.05) is 18.2 Å². The summed E-state index contributed by atoms with van der Waals surface area (Å²) >= 11 is 0. The van der Waals surface area contributed by atoms with E-state index in [0.29, 0.717) is 5.69 Å². The molecule has 0 saturated heterocycles. The van der Waals surface area contributed by atoms with Gasteiger partial charge in [0.1, 0.15) is 6.04 Å². The third kappa shape index (κ3) is 6.42. The van der Waals surface area contributed by atoms with E-state index in [-0.39, 0.29) is 28.5 Å². The summed E-state index contributed by atoms with van der Waals surface area (Å²) in [6.45, 7) is 1.34. The molecular weight excluding hydrogens is 396 g/mol. The number of methoxy groups -OCH3 is 1. The van der Waals surface area contributed by atoms with Crippen molar-refractivity contribution in [1.82, 2.24) is 5.32 Å². The zero-order valence-corrected chi connectivity index (χ0v) is 16.9. The van der Waals surface area contributed by atoms with Crippen molar-refractivity contribution in [3.63, 3.8) is 0 Å². The lowest BCUT2D eigenvalue weighted by atomic mass is 10.1. The number of rotatable bonds is 8. The van der Waals surface area contributed by atoms with Crippen LogP contribution in [0.25, 0.3) is 0 Å². The van der Waals surface area contributed by atoms with Gasteiger partial charge in [0.25, 0.3) is 5.91 Å². The van der Waals surface area contributed by atoms with E-state index >= 15 is 0 Å². The van der Waals surface area contributed by atoms with Gasteiger partial charge in [0.15, 0.2) is 9.84 Å². The van der Waals surface area contributed by atoms with Gasteiger partial charge in [-0.15, -0.1) is 0 Å². The lowest BCUT2D eigenvalue weighted by Gasteiger charge is -2.17. The average Bonchev–Trinajstić information content (AvgIpc) is 2.70. The number of esters is 1. The summed E-state index contributed by atoms with van der Waals surface area (Å²) in [7, 11) is -2.47. The molecule has 0 aromatic heterocycles. The van der Waals surface area contributed by atoms with Gasteiger partial charge in [0.05, 0.1) is 17.8 Å². The zero-order chi connectivity index (χ0) is 21.4. The molecular formula is C20H22N2O6S. The van der Waals surface area contributed by atoms with Crippen LogP contribution in [0.5, 0.6) is 0 Å². The van der Waals surface area contributed by atoms with Crippen molar-refractivity contribution in [2.45, 2.75) is 24.3 Å². The summed E-state index contributed by atoms with van der Waals surface area (Å²) in [6.07, 6.45) is -0.152. The first-order chi connectivity index (χ1) is 13.7. The minimum Gasteiger partial charge on any atom is -0.467 e. The topological polar surface area (TPSA) is 119 Å². The molecule has 0 spiro atoms. The number of carbonyl (C=O) groups is 3. The molecule has 2 aromatic rings. The normalized spacial score (nSPS) is 11.9. The molecule has 154 valence electrons. The Balaban J connectivity index is 2.12. The van der Waals surface area contributed by atoms with Crippen LogP contribution < -0.4 is 10.6 Å². The number of anilines is 1. The Morgan fingerprint density at radius 1 is 1.03 bits per heavy atom. The Kier molecular flexibility index (Phi) is 7.49. The van der Waals surface area contributed by atoms with Crippen LogP contribution in [0.1, 0.15) is 23.7 Å². The number of sulfone groups is 1. The lowest BCUT2D eigenvalue weighted by molar-refractivity contribution is -0.142. The molecule has 0 aliphatic carbocycles. The molecule has 29 heavy (non-hydrogen) atoms. The second kappa shape index (κ2) is 9.83. The highest BCUT2D eigenvalue weighted by Gasteiger charge is 2.25. The third-order valence-electron chi connectivity index (χ3n) is 4.01. The van der Waals surface area contributed by atoms with E-state index in [4.69, 9.17) is 4.74 Å². The lowest BCUT2D eigenvalue weighted by Crippen LogP contribution is -2.42. The number of amides is 2. The fraction of sp³-hybridized carbons (Fsp3) is 0.250. The van der Waals surface area contributed by atoms with Gasteiger partial charge in [-0.1, -0.05) is 24.3 Å². The Morgan fingerprint density at radius 3 is 2.34 bits per heavy atom. The molecule has 0 fully saturated rings.